The standard InChI is InChI=1S/C20H25NO3S/c1-15(2)25(22,23)21-20-14-24-13-12-19(20)18-10-8-17(9-11-18)16-6-4-3-5-7-16/h3-11,15,19-21H,12-14H2,1-2H3/t19-,20-/m0/s1. The molecule has 1 aliphatic heterocycles. The molecule has 0 radical (unpaired) electrons. The van der Waals surface area contributed by atoms with Crippen LogP contribution in [0.1, 0.15) is 31.7 Å². The van der Waals surface area contributed by atoms with Gasteiger partial charge in [-0.25, -0.2) is 13.1 Å². The normalized spacial score (nSPS) is 21.4. The number of ether oxygens (including phenoxy) is 1. The molecule has 1 saturated heterocycles. The van der Waals surface area contributed by atoms with Crippen LogP contribution in [0.3, 0.4) is 0 Å². The zero-order chi connectivity index (χ0) is 17.9. The van der Waals surface area contributed by atoms with Crippen LogP contribution in [0.4, 0.5) is 0 Å². The molecule has 134 valence electrons. The first-order valence-corrected chi connectivity index (χ1v) is 10.3. The van der Waals surface area contributed by atoms with E-state index < -0.39 is 15.3 Å². The Morgan fingerprint density at radius 2 is 1.64 bits per heavy atom. The maximum absolute atomic E-state index is 12.2. The van der Waals surface area contributed by atoms with Gasteiger partial charge in [-0.1, -0.05) is 54.6 Å². The van der Waals surface area contributed by atoms with E-state index in [-0.39, 0.29) is 12.0 Å². The van der Waals surface area contributed by atoms with Crippen molar-refractivity contribution in [1.29, 1.82) is 0 Å². The lowest BCUT2D eigenvalue weighted by molar-refractivity contribution is 0.0644. The Morgan fingerprint density at radius 3 is 2.28 bits per heavy atom. The Kier molecular flexibility index (Phi) is 5.57. The molecule has 5 heteroatoms. The van der Waals surface area contributed by atoms with Crippen LogP contribution in [0.2, 0.25) is 0 Å². The highest BCUT2D eigenvalue weighted by molar-refractivity contribution is 7.90. The molecule has 4 nitrogen and oxygen atoms in total. The second kappa shape index (κ2) is 7.68. The first kappa shape index (κ1) is 18.1. The first-order chi connectivity index (χ1) is 12.0. The van der Waals surface area contributed by atoms with E-state index >= 15 is 0 Å². The zero-order valence-electron chi connectivity index (χ0n) is 14.7. The largest absolute Gasteiger partial charge is 0.380 e. The van der Waals surface area contributed by atoms with E-state index in [0.29, 0.717) is 13.2 Å². The third-order valence-corrected chi connectivity index (χ3v) is 6.61. The molecule has 1 aliphatic rings. The maximum Gasteiger partial charge on any atom is 0.214 e. The van der Waals surface area contributed by atoms with Gasteiger partial charge >= 0.3 is 0 Å². The summed E-state index contributed by atoms with van der Waals surface area (Å²) in [5, 5.41) is -0.449. The van der Waals surface area contributed by atoms with Crippen molar-refractivity contribution in [2.24, 2.45) is 0 Å². The molecule has 2 atom stereocenters. The third kappa shape index (κ3) is 4.29. The summed E-state index contributed by atoms with van der Waals surface area (Å²) in [4.78, 5) is 0. The molecule has 0 amide bonds. The molecule has 25 heavy (non-hydrogen) atoms. The summed E-state index contributed by atoms with van der Waals surface area (Å²) in [6, 6.07) is 18.4. The lowest BCUT2D eigenvalue weighted by atomic mass is 9.87. The minimum absolute atomic E-state index is 0.132. The highest BCUT2D eigenvalue weighted by atomic mass is 32.2. The Morgan fingerprint density at radius 1 is 1.00 bits per heavy atom. The van der Waals surface area contributed by atoms with E-state index in [1.54, 1.807) is 13.8 Å². The molecule has 0 aromatic heterocycles. The Bertz CT molecular complexity index is 785. The first-order valence-electron chi connectivity index (χ1n) is 8.71. The summed E-state index contributed by atoms with van der Waals surface area (Å²) in [6.45, 7) is 4.45. The van der Waals surface area contributed by atoms with Crippen LogP contribution < -0.4 is 4.72 Å². The smallest absolute Gasteiger partial charge is 0.214 e. The van der Waals surface area contributed by atoms with Gasteiger partial charge in [0.05, 0.1) is 17.9 Å². The van der Waals surface area contributed by atoms with E-state index in [9.17, 15) is 8.42 Å². The zero-order valence-corrected chi connectivity index (χ0v) is 15.5. The molecular formula is C20H25NO3S. The molecule has 0 unspecified atom stereocenters. The molecule has 0 aliphatic carbocycles. The second-order valence-electron chi connectivity index (χ2n) is 6.78. The van der Waals surface area contributed by atoms with Crippen LogP contribution >= 0.6 is 0 Å². The van der Waals surface area contributed by atoms with Gasteiger partial charge in [0.25, 0.3) is 0 Å². The molecule has 0 saturated carbocycles. The highest BCUT2D eigenvalue weighted by Gasteiger charge is 2.31. The summed E-state index contributed by atoms with van der Waals surface area (Å²) in [5.41, 5.74) is 3.49. The van der Waals surface area contributed by atoms with Crippen molar-refractivity contribution in [3.05, 3.63) is 60.2 Å². The van der Waals surface area contributed by atoms with Crippen LogP contribution in [-0.2, 0) is 14.8 Å². The van der Waals surface area contributed by atoms with Gasteiger partial charge in [0, 0.05) is 12.5 Å². The van der Waals surface area contributed by atoms with Crippen LogP contribution in [0.25, 0.3) is 11.1 Å². The van der Waals surface area contributed by atoms with E-state index in [1.165, 1.54) is 5.56 Å². The van der Waals surface area contributed by atoms with Gasteiger partial charge in [-0.05, 0) is 37.0 Å². The molecule has 0 bridgehead atoms. The van der Waals surface area contributed by atoms with Crippen LogP contribution in [-0.4, -0.2) is 32.9 Å². The van der Waals surface area contributed by atoms with E-state index in [2.05, 4.69) is 41.1 Å². The topological polar surface area (TPSA) is 55.4 Å². The van der Waals surface area contributed by atoms with Crippen molar-refractivity contribution in [3.8, 4) is 11.1 Å². The third-order valence-electron chi connectivity index (χ3n) is 4.74. The van der Waals surface area contributed by atoms with Gasteiger partial charge in [-0.3, -0.25) is 0 Å². The van der Waals surface area contributed by atoms with Gasteiger partial charge < -0.3 is 4.74 Å². The Balaban J connectivity index is 1.81. The summed E-state index contributed by atoms with van der Waals surface area (Å²) < 4.78 is 32.9. The molecule has 1 heterocycles. The predicted octanol–water partition coefficient (Wildman–Crippen LogP) is 3.55. The van der Waals surface area contributed by atoms with Crippen LogP contribution in [0, 0.1) is 0 Å². The molecule has 0 spiro atoms. The van der Waals surface area contributed by atoms with Crippen molar-refractivity contribution in [2.45, 2.75) is 37.5 Å². The summed E-state index contributed by atoms with van der Waals surface area (Å²) in [7, 11) is -3.32. The number of hydrogen-bond acceptors (Lipinski definition) is 3. The van der Waals surface area contributed by atoms with Gasteiger partial charge in [-0.2, -0.15) is 0 Å². The Hall–Kier alpha value is -1.69. The van der Waals surface area contributed by atoms with Crippen molar-refractivity contribution < 1.29 is 13.2 Å². The predicted molar refractivity (Wildman–Crippen MR) is 101 cm³/mol. The molecule has 2 aromatic carbocycles. The fourth-order valence-corrected chi connectivity index (χ4v) is 4.08. The minimum Gasteiger partial charge on any atom is -0.380 e. The monoisotopic (exact) mass is 359 g/mol. The van der Waals surface area contributed by atoms with Gasteiger partial charge in [0.2, 0.25) is 10.0 Å². The number of benzene rings is 2. The number of sulfonamides is 1. The lowest BCUT2D eigenvalue weighted by Crippen LogP contribution is -2.47. The number of hydrogen-bond donors (Lipinski definition) is 1. The average Bonchev–Trinajstić information content (AvgIpc) is 2.63. The number of nitrogens with one attached hydrogen (secondary N) is 1. The fourth-order valence-electron chi connectivity index (χ4n) is 3.15. The quantitative estimate of drug-likeness (QED) is 0.888. The van der Waals surface area contributed by atoms with Crippen molar-refractivity contribution in [2.75, 3.05) is 13.2 Å². The molecule has 1 N–H and O–H groups in total. The Labute approximate surface area is 150 Å². The molecule has 1 fully saturated rings. The average molecular weight is 359 g/mol. The van der Waals surface area contributed by atoms with Crippen LogP contribution in [0.5, 0.6) is 0 Å². The van der Waals surface area contributed by atoms with Gasteiger partial charge in [0.15, 0.2) is 0 Å². The van der Waals surface area contributed by atoms with E-state index in [4.69, 9.17) is 4.74 Å². The fraction of sp³-hybridized carbons (Fsp3) is 0.400. The van der Waals surface area contributed by atoms with Crippen molar-refractivity contribution >= 4 is 10.0 Å². The van der Waals surface area contributed by atoms with Gasteiger partial charge in [-0.15, -0.1) is 0 Å². The maximum atomic E-state index is 12.2. The van der Waals surface area contributed by atoms with E-state index in [0.717, 1.165) is 17.5 Å². The van der Waals surface area contributed by atoms with Gasteiger partial charge in [0.1, 0.15) is 0 Å². The molecule has 3 rings (SSSR count). The summed E-state index contributed by atoms with van der Waals surface area (Å²) in [5.74, 6) is 0.132. The number of rotatable bonds is 5. The van der Waals surface area contributed by atoms with Crippen molar-refractivity contribution in [1.82, 2.24) is 4.72 Å². The van der Waals surface area contributed by atoms with E-state index in [1.807, 2.05) is 18.2 Å². The summed E-state index contributed by atoms with van der Waals surface area (Å²) in [6.07, 6.45) is 0.815. The molecule has 2 aromatic rings. The SMILES string of the molecule is CC(C)S(=O)(=O)N[C@H]1COCC[C@H]1c1ccc(-c2ccccc2)cc1. The van der Waals surface area contributed by atoms with Crippen molar-refractivity contribution in [3.63, 3.8) is 0 Å². The highest BCUT2D eigenvalue weighted by Crippen LogP contribution is 2.30. The molecular weight excluding hydrogens is 334 g/mol. The minimum atomic E-state index is -3.32. The summed E-state index contributed by atoms with van der Waals surface area (Å²) >= 11 is 0. The second-order valence-corrected chi connectivity index (χ2v) is 9.04. The lowest BCUT2D eigenvalue weighted by Gasteiger charge is -2.33. The van der Waals surface area contributed by atoms with Crippen LogP contribution in [0.15, 0.2) is 54.6 Å².